The van der Waals surface area contributed by atoms with Gasteiger partial charge >= 0.3 is 0 Å². The molecule has 1 heterocycles. The van der Waals surface area contributed by atoms with E-state index in [1.807, 2.05) is 24.3 Å². The fraction of sp³-hybridized carbons (Fsp3) is 0.636. The number of carbonyl (C=O) groups excluding carboxylic acids is 1. The van der Waals surface area contributed by atoms with Crippen LogP contribution in [-0.2, 0) is 6.42 Å². The highest BCUT2D eigenvalue weighted by atomic mass is 127. The van der Waals surface area contributed by atoms with Gasteiger partial charge in [-0.05, 0) is 56.8 Å². The van der Waals surface area contributed by atoms with E-state index in [-0.39, 0.29) is 36.0 Å². The monoisotopic (exact) mass is 531 g/mol. The Balaban J connectivity index is 0.00000450. The number of aliphatic imine (C=N–C) groups is 1. The number of aliphatic hydroxyl groups is 1. The second kappa shape index (κ2) is 14.6. The molecule has 7 nitrogen and oxygen atoms in total. The SMILES string of the molecule is CCNC(=NCCCN1CCC(O)CC1)NCCc1cccc(C(=O)N(C)C)c1.I. The number of hydrogen-bond donors (Lipinski definition) is 3. The molecule has 1 aliphatic heterocycles. The van der Waals surface area contributed by atoms with Crippen LogP contribution in [0.3, 0.4) is 0 Å². The van der Waals surface area contributed by atoms with Crippen molar-refractivity contribution in [2.75, 3.05) is 53.4 Å². The molecule has 30 heavy (non-hydrogen) atoms. The van der Waals surface area contributed by atoms with Crippen LogP contribution in [0, 0.1) is 0 Å². The lowest BCUT2D eigenvalue weighted by molar-refractivity contribution is 0.0821. The van der Waals surface area contributed by atoms with Gasteiger partial charge in [-0.15, -0.1) is 24.0 Å². The van der Waals surface area contributed by atoms with Crippen LogP contribution in [0.25, 0.3) is 0 Å². The van der Waals surface area contributed by atoms with E-state index >= 15 is 0 Å². The highest BCUT2D eigenvalue weighted by Crippen LogP contribution is 2.10. The number of hydrogen-bond acceptors (Lipinski definition) is 4. The number of piperidine rings is 1. The standard InChI is InChI=1S/C22H37N5O2.HI/c1-4-23-22(24-12-6-14-27-15-10-20(28)11-16-27)25-13-9-18-7-5-8-19(17-18)21(29)26(2)3;/h5,7-8,17,20,28H,4,6,9-16H2,1-3H3,(H2,23,24,25);1H. The summed E-state index contributed by atoms with van der Waals surface area (Å²) < 4.78 is 0. The van der Waals surface area contributed by atoms with Gasteiger partial charge in [0.15, 0.2) is 5.96 Å². The van der Waals surface area contributed by atoms with Gasteiger partial charge in [0.25, 0.3) is 5.91 Å². The molecule has 0 saturated carbocycles. The number of likely N-dealkylation sites (tertiary alicyclic amines) is 1. The lowest BCUT2D eigenvalue weighted by Gasteiger charge is -2.29. The van der Waals surface area contributed by atoms with Crippen LogP contribution >= 0.6 is 24.0 Å². The molecule has 1 aromatic carbocycles. The van der Waals surface area contributed by atoms with Crippen molar-refractivity contribution in [2.45, 2.75) is 38.7 Å². The Morgan fingerprint density at radius 3 is 2.67 bits per heavy atom. The summed E-state index contributed by atoms with van der Waals surface area (Å²) in [6, 6.07) is 7.80. The minimum absolute atomic E-state index is 0. The number of halogens is 1. The number of benzene rings is 1. The van der Waals surface area contributed by atoms with Crippen LogP contribution < -0.4 is 10.6 Å². The molecule has 0 aliphatic carbocycles. The molecule has 170 valence electrons. The van der Waals surface area contributed by atoms with Gasteiger partial charge in [-0.1, -0.05) is 12.1 Å². The summed E-state index contributed by atoms with van der Waals surface area (Å²) >= 11 is 0. The Bertz CT molecular complexity index is 661. The van der Waals surface area contributed by atoms with Gasteiger partial charge in [0.05, 0.1) is 6.10 Å². The maximum atomic E-state index is 12.1. The van der Waals surface area contributed by atoms with Gasteiger partial charge in [0.1, 0.15) is 0 Å². The van der Waals surface area contributed by atoms with Gasteiger partial charge in [0.2, 0.25) is 0 Å². The highest BCUT2D eigenvalue weighted by molar-refractivity contribution is 14.0. The smallest absolute Gasteiger partial charge is 0.253 e. The molecule has 0 spiro atoms. The second-order valence-electron chi connectivity index (χ2n) is 7.76. The van der Waals surface area contributed by atoms with Gasteiger partial charge in [-0.25, -0.2) is 0 Å². The van der Waals surface area contributed by atoms with E-state index in [1.165, 1.54) is 0 Å². The number of carbonyl (C=O) groups is 1. The first-order valence-electron chi connectivity index (χ1n) is 10.7. The highest BCUT2D eigenvalue weighted by Gasteiger charge is 2.16. The zero-order valence-corrected chi connectivity index (χ0v) is 20.9. The van der Waals surface area contributed by atoms with Crippen LogP contribution in [-0.4, -0.2) is 86.2 Å². The van der Waals surface area contributed by atoms with Crippen molar-refractivity contribution in [2.24, 2.45) is 4.99 Å². The Kier molecular flexibility index (Phi) is 13.0. The zero-order valence-electron chi connectivity index (χ0n) is 18.6. The van der Waals surface area contributed by atoms with Crippen molar-refractivity contribution in [3.63, 3.8) is 0 Å². The van der Waals surface area contributed by atoms with E-state index in [9.17, 15) is 9.90 Å². The number of amides is 1. The fourth-order valence-electron chi connectivity index (χ4n) is 3.41. The van der Waals surface area contributed by atoms with Crippen molar-refractivity contribution in [3.05, 3.63) is 35.4 Å². The molecule has 0 radical (unpaired) electrons. The molecule has 0 bridgehead atoms. The summed E-state index contributed by atoms with van der Waals surface area (Å²) in [6.45, 7) is 7.42. The van der Waals surface area contributed by atoms with Gasteiger partial charge < -0.3 is 25.5 Å². The van der Waals surface area contributed by atoms with E-state index in [0.717, 1.165) is 82.0 Å². The summed E-state index contributed by atoms with van der Waals surface area (Å²) in [4.78, 5) is 20.8. The third kappa shape index (κ3) is 9.61. The lowest BCUT2D eigenvalue weighted by atomic mass is 10.1. The molecule has 1 saturated heterocycles. The Hall–Kier alpha value is -1.39. The summed E-state index contributed by atoms with van der Waals surface area (Å²) in [6.07, 6.45) is 3.50. The summed E-state index contributed by atoms with van der Waals surface area (Å²) in [5, 5.41) is 16.2. The predicted octanol–water partition coefficient (Wildman–Crippen LogP) is 1.95. The van der Waals surface area contributed by atoms with E-state index in [1.54, 1.807) is 19.0 Å². The number of nitrogens with one attached hydrogen (secondary N) is 2. The summed E-state index contributed by atoms with van der Waals surface area (Å²) in [5.74, 6) is 0.861. The molecular weight excluding hydrogens is 493 g/mol. The number of rotatable bonds is 9. The van der Waals surface area contributed by atoms with Crippen LogP contribution in [0.5, 0.6) is 0 Å². The largest absolute Gasteiger partial charge is 0.393 e. The molecule has 1 aliphatic rings. The number of guanidine groups is 1. The maximum Gasteiger partial charge on any atom is 0.253 e. The van der Waals surface area contributed by atoms with Gasteiger partial charge in [0, 0.05) is 52.4 Å². The van der Waals surface area contributed by atoms with Crippen molar-refractivity contribution in [1.29, 1.82) is 0 Å². The maximum absolute atomic E-state index is 12.1. The minimum atomic E-state index is -0.115. The second-order valence-corrected chi connectivity index (χ2v) is 7.76. The quantitative estimate of drug-likeness (QED) is 0.197. The van der Waals surface area contributed by atoms with Gasteiger partial charge in [-0.3, -0.25) is 9.79 Å². The van der Waals surface area contributed by atoms with Gasteiger partial charge in [-0.2, -0.15) is 0 Å². The lowest BCUT2D eigenvalue weighted by Crippen LogP contribution is -2.39. The van der Waals surface area contributed by atoms with Crippen molar-refractivity contribution in [3.8, 4) is 0 Å². The molecule has 0 atom stereocenters. The Morgan fingerprint density at radius 2 is 2.00 bits per heavy atom. The summed E-state index contributed by atoms with van der Waals surface area (Å²) in [5.41, 5.74) is 1.85. The minimum Gasteiger partial charge on any atom is -0.393 e. The van der Waals surface area contributed by atoms with Crippen molar-refractivity contribution < 1.29 is 9.90 Å². The molecule has 1 amide bonds. The molecule has 1 aromatic rings. The number of nitrogens with zero attached hydrogens (tertiary/aromatic N) is 3. The Labute approximate surface area is 198 Å². The average Bonchev–Trinajstić information content (AvgIpc) is 2.72. The van der Waals surface area contributed by atoms with Crippen LogP contribution in [0.1, 0.15) is 42.1 Å². The van der Waals surface area contributed by atoms with Crippen LogP contribution in [0.15, 0.2) is 29.3 Å². The molecular formula is C22H38IN5O2. The third-order valence-corrected chi connectivity index (χ3v) is 5.09. The molecule has 8 heteroatoms. The van der Waals surface area contributed by atoms with Crippen LogP contribution in [0.4, 0.5) is 0 Å². The molecule has 2 rings (SSSR count). The topological polar surface area (TPSA) is 80.2 Å². The van der Waals surface area contributed by atoms with Crippen molar-refractivity contribution in [1.82, 2.24) is 20.4 Å². The van der Waals surface area contributed by atoms with E-state index in [0.29, 0.717) is 0 Å². The third-order valence-electron chi connectivity index (χ3n) is 5.09. The zero-order chi connectivity index (χ0) is 21.1. The molecule has 1 fully saturated rings. The summed E-state index contributed by atoms with van der Waals surface area (Å²) in [7, 11) is 3.54. The molecule has 0 aromatic heterocycles. The first-order chi connectivity index (χ1) is 14.0. The van der Waals surface area contributed by atoms with Crippen LogP contribution in [0.2, 0.25) is 0 Å². The first kappa shape index (κ1) is 26.6. The van der Waals surface area contributed by atoms with E-state index < -0.39 is 0 Å². The molecule has 0 unspecified atom stereocenters. The molecule has 3 N–H and O–H groups in total. The predicted molar refractivity (Wildman–Crippen MR) is 134 cm³/mol. The van der Waals surface area contributed by atoms with E-state index in [2.05, 4.69) is 27.4 Å². The van der Waals surface area contributed by atoms with Crippen molar-refractivity contribution >= 4 is 35.8 Å². The normalized spacial score (nSPS) is 15.4. The van der Waals surface area contributed by atoms with E-state index in [4.69, 9.17) is 0 Å². The fourth-order valence-corrected chi connectivity index (χ4v) is 3.41. The number of aliphatic hydroxyl groups excluding tert-OH is 1. The average molecular weight is 531 g/mol. The Morgan fingerprint density at radius 1 is 1.27 bits per heavy atom. The first-order valence-corrected chi connectivity index (χ1v) is 10.7.